The average Bonchev–Trinajstić information content (AvgIpc) is 2.11. The SMILES string of the molecule is CC(C)(C)c1ccc(C[PH](O)(O)O)c(C(C)(C)C)c1. The molecule has 0 atom stereocenters. The molecule has 0 aliphatic heterocycles. The van der Waals surface area contributed by atoms with Gasteiger partial charge in [0.25, 0.3) is 0 Å². The molecule has 110 valence electrons. The van der Waals surface area contributed by atoms with Crippen molar-refractivity contribution in [3.63, 3.8) is 0 Å². The van der Waals surface area contributed by atoms with Crippen molar-refractivity contribution in [1.29, 1.82) is 0 Å². The molecule has 0 unspecified atom stereocenters. The minimum absolute atomic E-state index is 0.0463. The summed E-state index contributed by atoms with van der Waals surface area (Å²) in [5.74, 6) is 0. The van der Waals surface area contributed by atoms with Crippen LogP contribution in [0.25, 0.3) is 0 Å². The van der Waals surface area contributed by atoms with Crippen LogP contribution in [0.4, 0.5) is 0 Å². The molecule has 1 aromatic rings. The number of benzene rings is 1. The second-order valence-corrected chi connectivity index (χ2v) is 9.23. The fourth-order valence-electron chi connectivity index (χ4n) is 2.15. The third-order valence-electron chi connectivity index (χ3n) is 3.21. The van der Waals surface area contributed by atoms with E-state index >= 15 is 0 Å². The molecule has 19 heavy (non-hydrogen) atoms. The summed E-state index contributed by atoms with van der Waals surface area (Å²) in [4.78, 5) is 28.0. The first kappa shape index (κ1) is 16.6. The summed E-state index contributed by atoms with van der Waals surface area (Å²) in [5.41, 5.74) is 3.04. The topological polar surface area (TPSA) is 60.7 Å². The van der Waals surface area contributed by atoms with Crippen LogP contribution in [0.2, 0.25) is 0 Å². The van der Waals surface area contributed by atoms with E-state index in [1.54, 1.807) is 0 Å². The van der Waals surface area contributed by atoms with E-state index in [0.29, 0.717) is 0 Å². The maximum atomic E-state index is 9.34. The number of hydrogen-bond acceptors (Lipinski definition) is 3. The van der Waals surface area contributed by atoms with Gasteiger partial charge in [0.15, 0.2) is 0 Å². The Morgan fingerprint density at radius 2 is 1.42 bits per heavy atom. The van der Waals surface area contributed by atoms with Crippen molar-refractivity contribution >= 4 is 7.94 Å². The zero-order valence-corrected chi connectivity index (χ0v) is 13.8. The number of hydrogen-bond donors (Lipinski definition) is 3. The zero-order valence-electron chi connectivity index (χ0n) is 12.8. The van der Waals surface area contributed by atoms with Crippen molar-refractivity contribution in [1.82, 2.24) is 0 Å². The Morgan fingerprint density at radius 3 is 1.79 bits per heavy atom. The van der Waals surface area contributed by atoms with Crippen molar-refractivity contribution in [2.45, 2.75) is 58.5 Å². The molecular weight excluding hydrogens is 259 g/mol. The molecule has 1 aromatic carbocycles. The van der Waals surface area contributed by atoms with Crippen LogP contribution >= 0.6 is 7.94 Å². The van der Waals surface area contributed by atoms with Crippen LogP contribution < -0.4 is 0 Å². The third kappa shape index (κ3) is 4.85. The third-order valence-corrected chi connectivity index (χ3v) is 4.07. The van der Waals surface area contributed by atoms with E-state index < -0.39 is 7.94 Å². The summed E-state index contributed by atoms with van der Waals surface area (Å²) >= 11 is 0. The second-order valence-electron chi connectivity index (χ2n) is 7.32. The Kier molecular flexibility index (Phi) is 4.49. The van der Waals surface area contributed by atoms with Crippen LogP contribution in [0.15, 0.2) is 18.2 Å². The van der Waals surface area contributed by atoms with E-state index in [-0.39, 0.29) is 17.0 Å². The van der Waals surface area contributed by atoms with Gasteiger partial charge in [-0.3, -0.25) is 0 Å². The Balaban J connectivity index is 3.34. The summed E-state index contributed by atoms with van der Waals surface area (Å²) < 4.78 is 0. The fourth-order valence-corrected chi connectivity index (χ4v) is 2.97. The van der Waals surface area contributed by atoms with Crippen LogP contribution in [0.5, 0.6) is 0 Å². The Morgan fingerprint density at radius 1 is 0.895 bits per heavy atom. The molecule has 0 aliphatic rings. The van der Waals surface area contributed by atoms with Crippen molar-refractivity contribution in [3.05, 3.63) is 34.9 Å². The van der Waals surface area contributed by atoms with Gasteiger partial charge >= 0.3 is 116 Å². The summed E-state index contributed by atoms with van der Waals surface area (Å²) in [5, 5.41) is 0. The molecule has 4 heteroatoms. The molecule has 0 saturated heterocycles. The Hall–Kier alpha value is -0.470. The summed E-state index contributed by atoms with van der Waals surface area (Å²) in [6, 6.07) is 6.03. The zero-order chi connectivity index (χ0) is 15.1. The standard InChI is InChI=1S/C15H27O3P/c1-14(2,3)12-8-7-11(10-19(16,17)18)13(9-12)15(4,5)6/h7-9,16-19H,10H2,1-6H3. The summed E-state index contributed by atoms with van der Waals surface area (Å²) in [6.07, 6.45) is -0.0516. The van der Waals surface area contributed by atoms with Gasteiger partial charge in [-0.1, -0.05) is 0 Å². The first-order valence-corrected chi connectivity index (χ1v) is 8.66. The predicted octanol–water partition coefficient (Wildman–Crippen LogP) is 3.25. The molecule has 0 amide bonds. The molecule has 1 rings (SSSR count). The molecule has 0 fully saturated rings. The molecule has 0 spiro atoms. The monoisotopic (exact) mass is 286 g/mol. The normalized spacial score (nSPS) is 14.6. The molecule has 0 bridgehead atoms. The van der Waals surface area contributed by atoms with Gasteiger partial charge in [-0.05, 0) is 0 Å². The van der Waals surface area contributed by atoms with Gasteiger partial charge < -0.3 is 0 Å². The van der Waals surface area contributed by atoms with E-state index in [1.165, 1.54) is 5.56 Å². The Labute approximate surface area is 116 Å². The first-order valence-electron chi connectivity index (χ1n) is 6.62. The van der Waals surface area contributed by atoms with Gasteiger partial charge in [0.1, 0.15) is 0 Å². The van der Waals surface area contributed by atoms with E-state index in [9.17, 15) is 14.7 Å². The van der Waals surface area contributed by atoms with Crippen LogP contribution in [-0.2, 0) is 17.0 Å². The van der Waals surface area contributed by atoms with Crippen LogP contribution in [-0.4, -0.2) is 14.7 Å². The second kappa shape index (κ2) is 5.14. The van der Waals surface area contributed by atoms with Gasteiger partial charge in [-0.2, -0.15) is 0 Å². The van der Waals surface area contributed by atoms with E-state index in [4.69, 9.17) is 0 Å². The van der Waals surface area contributed by atoms with Crippen molar-refractivity contribution in [2.24, 2.45) is 0 Å². The molecule has 3 nitrogen and oxygen atoms in total. The van der Waals surface area contributed by atoms with Gasteiger partial charge in [0.05, 0.1) is 0 Å². The van der Waals surface area contributed by atoms with Gasteiger partial charge in [0, 0.05) is 0 Å². The molecule has 0 aromatic heterocycles. The van der Waals surface area contributed by atoms with Crippen LogP contribution in [0, 0.1) is 0 Å². The van der Waals surface area contributed by atoms with Crippen LogP contribution in [0.1, 0.15) is 58.2 Å². The molecule has 3 N–H and O–H groups in total. The molecule has 0 heterocycles. The van der Waals surface area contributed by atoms with E-state index in [0.717, 1.165) is 11.1 Å². The van der Waals surface area contributed by atoms with Crippen LogP contribution in [0.3, 0.4) is 0 Å². The first-order chi connectivity index (χ1) is 8.31. The molecule has 0 radical (unpaired) electrons. The molecule has 0 saturated carbocycles. The quantitative estimate of drug-likeness (QED) is 0.731. The van der Waals surface area contributed by atoms with Gasteiger partial charge in [0.2, 0.25) is 0 Å². The average molecular weight is 286 g/mol. The van der Waals surface area contributed by atoms with Crippen molar-refractivity contribution < 1.29 is 14.7 Å². The number of rotatable bonds is 2. The van der Waals surface area contributed by atoms with Gasteiger partial charge in [-0.25, -0.2) is 0 Å². The van der Waals surface area contributed by atoms with E-state index in [1.807, 2.05) is 12.1 Å². The van der Waals surface area contributed by atoms with Crippen molar-refractivity contribution in [2.75, 3.05) is 0 Å². The maximum absolute atomic E-state index is 9.34. The molecule has 0 aliphatic carbocycles. The Bertz CT molecular complexity index is 448. The summed E-state index contributed by atoms with van der Waals surface area (Å²) in [6.45, 7) is 12.7. The summed E-state index contributed by atoms with van der Waals surface area (Å²) in [7, 11) is -4.07. The molecular formula is C15H27O3P. The fraction of sp³-hybridized carbons (Fsp3) is 0.600. The van der Waals surface area contributed by atoms with Gasteiger partial charge in [-0.15, -0.1) is 0 Å². The minimum atomic E-state index is -4.07. The predicted molar refractivity (Wildman–Crippen MR) is 82.5 cm³/mol. The van der Waals surface area contributed by atoms with E-state index in [2.05, 4.69) is 47.6 Å². The van der Waals surface area contributed by atoms with Crippen molar-refractivity contribution in [3.8, 4) is 0 Å².